The van der Waals surface area contributed by atoms with Crippen molar-refractivity contribution in [1.29, 1.82) is 0 Å². The summed E-state index contributed by atoms with van der Waals surface area (Å²) in [4.78, 5) is 48.8. The number of pyridine rings is 1. The highest BCUT2D eigenvalue weighted by molar-refractivity contribution is 7.10. The fourth-order valence-corrected chi connectivity index (χ4v) is 5.15. The molecule has 1 fully saturated rings. The lowest BCUT2D eigenvalue weighted by atomic mass is 9.89. The molecule has 0 radical (unpaired) electrons. The minimum Gasteiger partial charge on any atom is -0.361 e. The summed E-state index contributed by atoms with van der Waals surface area (Å²) in [6, 6.07) is 14.4. The van der Waals surface area contributed by atoms with Gasteiger partial charge in [0.2, 0.25) is 5.78 Å². The number of thiophene rings is 1. The van der Waals surface area contributed by atoms with Crippen LogP contribution in [0.15, 0.2) is 72.5 Å². The molecule has 2 unspecified atom stereocenters. The Morgan fingerprint density at radius 2 is 1.97 bits per heavy atom. The molecule has 1 aliphatic rings. The molecule has 0 bridgehead atoms. The number of Topliss-reactive ketones (excluding diaryl/α,β-unsaturated/α-hetero) is 2. The van der Waals surface area contributed by atoms with E-state index in [4.69, 9.17) is 0 Å². The van der Waals surface area contributed by atoms with Gasteiger partial charge in [0.05, 0.1) is 6.04 Å². The number of nitrogens with one attached hydrogen (secondary N) is 1. The number of carbonyl (C=O) groups excluding carboxylic acids is 3. The number of nitrogens with zero attached hydrogens (tertiary/aromatic N) is 2. The monoisotopic (exact) mass is 429 g/mol. The number of hydrogen-bond acceptors (Lipinski definition) is 5. The molecule has 31 heavy (non-hydrogen) atoms. The van der Waals surface area contributed by atoms with Crippen LogP contribution in [0, 0.1) is 5.92 Å². The molecule has 0 aliphatic carbocycles. The van der Waals surface area contributed by atoms with E-state index in [0.29, 0.717) is 18.5 Å². The van der Waals surface area contributed by atoms with E-state index in [1.165, 1.54) is 17.5 Å². The van der Waals surface area contributed by atoms with E-state index >= 15 is 0 Å². The summed E-state index contributed by atoms with van der Waals surface area (Å²) in [7, 11) is 0. The van der Waals surface area contributed by atoms with Crippen LogP contribution in [0.4, 0.5) is 0 Å². The van der Waals surface area contributed by atoms with E-state index in [1.807, 2.05) is 48.0 Å². The molecule has 1 amide bonds. The van der Waals surface area contributed by atoms with Crippen LogP contribution >= 0.6 is 11.3 Å². The molecule has 7 heteroatoms. The van der Waals surface area contributed by atoms with E-state index in [-0.39, 0.29) is 5.78 Å². The molecular weight excluding hydrogens is 410 g/mol. The number of carbonyl (C=O) groups is 3. The summed E-state index contributed by atoms with van der Waals surface area (Å²) >= 11 is 1.45. The summed E-state index contributed by atoms with van der Waals surface area (Å²) in [6.45, 7) is 0.353. The number of aromatic amines is 1. The second-order valence-corrected chi connectivity index (χ2v) is 8.50. The number of amides is 1. The third-order valence-corrected chi connectivity index (χ3v) is 6.71. The Morgan fingerprint density at radius 1 is 1.10 bits per heavy atom. The van der Waals surface area contributed by atoms with Crippen LogP contribution in [0.2, 0.25) is 0 Å². The highest BCUT2D eigenvalue weighted by Crippen LogP contribution is 2.40. The number of aromatic nitrogens is 2. The van der Waals surface area contributed by atoms with Crippen LogP contribution in [0.3, 0.4) is 0 Å². The molecule has 1 aromatic carbocycles. The van der Waals surface area contributed by atoms with Crippen molar-refractivity contribution < 1.29 is 14.4 Å². The number of benzene rings is 1. The Balaban J connectivity index is 1.48. The van der Waals surface area contributed by atoms with Gasteiger partial charge in [-0.25, -0.2) is 0 Å². The number of rotatable bonds is 6. The predicted octanol–water partition coefficient (Wildman–Crippen LogP) is 3.82. The minimum atomic E-state index is -1.06. The molecule has 5 rings (SSSR count). The molecule has 154 valence electrons. The molecule has 6 nitrogen and oxygen atoms in total. The van der Waals surface area contributed by atoms with Gasteiger partial charge in [0.1, 0.15) is 5.92 Å². The molecule has 4 heterocycles. The maximum atomic E-state index is 13.2. The lowest BCUT2D eigenvalue weighted by Crippen LogP contribution is -2.32. The molecule has 0 saturated carbocycles. The SMILES string of the molecule is O=C1C(=O)N(CCc2c[nH]c3ccccc23)C(c2cccs2)C1C(=O)c1cccnc1. The molecule has 1 N–H and O–H groups in total. The van der Waals surface area contributed by atoms with E-state index in [1.54, 1.807) is 23.2 Å². The van der Waals surface area contributed by atoms with Gasteiger partial charge in [0, 0.05) is 46.5 Å². The zero-order chi connectivity index (χ0) is 21.4. The fraction of sp³-hybridized carbons (Fsp3) is 0.167. The average Bonchev–Trinajstić information content (AvgIpc) is 3.53. The van der Waals surface area contributed by atoms with E-state index in [0.717, 1.165) is 21.3 Å². The van der Waals surface area contributed by atoms with Gasteiger partial charge >= 0.3 is 0 Å². The van der Waals surface area contributed by atoms with Gasteiger partial charge in [-0.1, -0.05) is 24.3 Å². The van der Waals surface area contributed by atoms with Gasteiger partial charge in [-0.2, -0.15) is 0 Å². The highest BCUT2D eigenvalue weighted by Gasteiger charge is 2.51. The van der Waals surface area contributed by atoms with Crippen LogP contribution in [0.25, 0.3) is 10.9 Å². The van der Waals surface area contributed by atoms with Crippen molar-refractivity contribution in [3.63, 3.8) is 0 Å². The van der Waals surface area contributed by atoms with E-state index in [9.17, 15) is 14.4 Å². The lowest BCUT2D eigenvalue weighted by Gasteiger charge is -2.26. The van der Waals surface area contributed by atoms with Crippen molar-refractivity contribution in [2.75, 3.05) is 6.54 Å². The Morgan fingerprint density at radius 3 is 2.74 bits per heavy atom. The molecule has 3 aromatic heterocycles. The molecule has 2 atom stereocenters. The minimum absolute atomic E-state index is 0.341. The topological polar surface area (TPSA) is 83.1 Å². The first-order chi connectivity index (χ1) is 15.1. The van der Waals surface area contributed by atoms with Crippen molar-refractivity contribution in [3.8, 4) is 0 Å². The first-order valence-corrected chi connectivity index (χ1v) is 10.9. The smallest absolute Gasteiger partial charge is 0.291 e. The van der Waals surface area contributed by atoms with Crippen molar-refractivity contribution in [2.45, 2.75) is 12.5 Å². The van der Waals surface area contributed by atoms with Gasteiger partial charge in [-0.05, 0) is 41.6 Å². The normalized spacial score (nSPS) is 18.8. The third kappa shape index (κ3) is 3.37. The zero-order valence-electron chi connectivity index (χ0n) is 16.5. The van der Waals surface area contributed by atoms with Crippen LogP contribution in [0.1, 0.15) is 26.8 Å². The molecule has 1 saturated heterocycles. The second kappa shape index (κ2) is 7.92. The first kappa shape index (κ1) is 19.4. The van der Waals surface area contributed by atoms with Gasteiger partial charge in [0.15, 0.2) is 5.78 Å². The standard InChI is InChI=1S/C24H19N3O3S/c28-22(16-5-3-10-25-13-16)20-21(19-8-4-12-31-19)27(24(30)23(20)29)11-9-15-14-26-18-7-2-1-6-17(15)18/h1-8,10,12-14,20-21,26H,9,11H2. The third-order valence-electron chi connectivity index (χ3n) is 5.77. The van der Waals surface area contributed by atoms with Crippen molar-refractivity contribution in [2.24, 2.45) is 5.92 Å². The summed E-state index contributed by atoms with van der Waals surface area (Å²) in [5.74, 6) is -2.66. The Labute approximate surface area is 182 Å². The van der Waals surface area contributed by atoms with Crippen molar-refractivity contribution in [3.05, 3.63) is 88.5 Å². The number of H-pyrrole nitrogens is 1. The predicted molar refractivity (Wildman–Crippen MR) is 118 cm³/mol. The maximum Gasteiger partial charge on any atom is 0.291 e. The Kier molecular flexibility index (Phi) is 4.95. The Hall–Kier alpha value is -3.58. The second-order valence-electron chi connectivity index (χ2n) is 7.52. The van der Waals surface area contributed by atoms with Crippen molar-refractivity contribution >= 4 is 39.7 Å². The molecule has 0 spiro atoms. The zero-order valence-corrected chi connectivity index (χ0v) is 17.3. The van der Waals surface area contributed by atoms with Crippen LogP contribution in [-0.2, 0) is 16.0 Å². The number of fused-ring (bicyclic) bond motifs is 1. The van der Waals surface area contributed by atoms with Crippen LogP contribution < -0.4 is 0 Å². The first-order valence-electron chi connectivity index (χ1n) is 10.0. The van der Waals surface area contributed by atoms with Gasteiger partial charge in [-0.3, -0.25) is 19.4 Å². The number of likely N-dealkylation sites (tertiary alicyclic amines) is 1. The highest BCUT2D eigenvalue weighted by atomic mass is 32.1. The summed E-state index contributed by atoms with van der Waals surface area (Å²) in [6.07, 6.45) is 5.53. The van der Waals surface area contributed by atoms with Gasteiger partial charge in [0.25, 0.3) is 5.91 Å². The fourth-order valence-electron chi connectivity index (χ4n) is 4.27. The Bertz CT molecular complexity index is 1260. The van der Waals surface area contributed by atoms with E-state index < -0.39 is 23.7 Å². The lowest BCUT2D eigenvalue weighted by molar-refractivity contribution is -0.140. The number of ketones is 2. The largest absolute Gasteiger partial charge is 0.361 e. The quantitative estimate of drug-likeness (QED) is 0.287. The maximum absolute atomic E-state index is 13.2. The summed E-state index contributed by atoms with van der Waals surface area (Å²) in [5, 5.41) is 2.99. The molecular formula is C24H19N3O3S. The van der Waals surface area contributed by atoms with E-state index in [2.05, 4.69) is 9.97 Å². The van der Waals surface area contributed by atoms with Crippen LogP contribution in [0.5, 0.6) is 0 Å². The number of para-hydroxylation sites is 1. The van der Waals surface area contributed by atoms with Gasteiger partial charge in [-0.15, -0.1) is 11.3 Å². The van der Waals surface area contributed by atoms with Crippen molar-refractivity contribution in [1.82, 2.24) is 14.9 Å². The van der Waals surface area contributed by atoms with Gasteiger partial charge < -0.3 is 9.88 Å². The average molecular weight is 430 g/mol. The number of hydrogen-bond donors (Lipinski definition) is 1. The summed E-state index contributed by atoms with van der Waals surface area (Å²) < 4.78 is 0. The summed E-state index contributed by atoms with van der Waals surface area (Å²) in [5.41, 5.74) is 2.44. The van der Waals surface area contributed by atoms with Crippen LogP contribution in [-0.4, -0.2) is 38.9 Å². The molecule has 1 aliphatic heterocycles. The molecule has 4 aromatic rings.